The van der Waals surface area contributed by atoms with Gasteiger partial charge in [0.2, 0.25) is 5.75 Å². The number of carbonyl (C=O) groups excluding carboxylic acids is 1. The van der Waals surface area contributed by atoms with Gasteiger partial charge in [-0.25, -0.2) is 4.79 Å². The number of hydrogen-bond donors (Lipinski definition) is 1. The van der Waals surface area contributed by atoms with Gasteiger partial charge in [-0.05, 0) is 0 Å². The van der Waals surface area contributed by atoms with E-state index in [2.05, 4.69) is 10.2 Å². The van der Waals surface area contributed by atoms with Gasteiger partial charge in [0.15, 0.2) is 11.5 Å². The molecule has 1 fully saturated rings. The third kappa shape index (κ3) is 4.90. The molecule has 25 heavy (non-hydrogen) atoms. The Hall–Kier alpha value is -2.19. The predicted molar refractivity (Wildman–Crippen MR) is 95.0 cm³/mol. The van der Waals surface area contributed by atoms with Crippen LogP contribution >= 0.6 is 0 Å². The molecule has 0 bridgehead atoms. The molecular formula is C17H27N3O5. The summed E-state index contributed by atoms with van der Waals surface area (Å²) in [6.07, 6.45) is 0. The molecule has 8 heteroatoms. The molecule has 1 aromatic carbocycles. The summed E-state index contributed by atoms with van der Waals surface area (Å²) in [6, 6.07) is 3.29. The van der Waals surface area contributed by atoms with Crippen molar-refractivity contribution in [1.29, 1.82) is 0 Å². The van der Waals surface area contributed by atoms with Crippen LogP contribution in [0, 0.1) is 0 Å². The van der Waals surface area contributed by atoms with Gasteiger partial charge in [-0.3, -0.25) is 4.90 Å². The molecule has 0 spiro atoms. The van der Waals surface area contributed by atoms with Gasteiger partial charge in [0.05, 0.1) is 33.6 Å². The van der Waals surface area contributed by atoms with Crippen LogP contribution in [0.25, 0.3) is 0 Å². The number of methoxy groups -OCH3 is 4. The first-order chi connectivity index (χ1) is 12.1. The van der Waals surface area contributed by atoms with Crippen molar-refractivity contribution in [3.8, 4) is 17.2 Å². The van der Waals surface area contributed by atoms with E-state index in [1.54, 1.807) is 45.5 Å². The number of nitrogens with one attached hydrogen (secondary N) is 1. The molecule has 1 aliphatic heterocycles. The van der Waals surface area contributed by atoms with Gasteiger partial charge in [0, 0.05) is 52.0 Å². The summed E-state index contributed by atoms with van der Waals surface area (Å²) in [5.74, 6) is 1.50. The number of piperazine rings is 1. The Bertz CT molecular complexity index is 548. The van der Waals surface area contributed by atoms with Crippen LogP contribution < -0.4 is 19.5 Å². The smallest absolute Gasteiger partial charge is 0.321 e. The van der Waals surface area contributed by atoms with Crippen molar-refractivity contribution < 1.29 is 23.7 Å². The minimum atomic E-state index is -0.138. The topological polar surface area (TPSA) is 72.5 Å². The number of urea groups is 1. The fourth-order valence-corrected chi connectivity index (χ4v) is 2.75. The summed E-state index contributed by atoms with van der Waals surface area (Å²) >= 11 is 0. The minimum absolute atomic E-state index is 0.138. The van der Waals surface area contributed by atoms with Crippen molar-refractivity contribution in [1.82, 2.24) is 9.80 Å². The van der Waals surface area contributed by atoms with Gasteiger partial charge in [-0.2, -0.15) is 0 Å². The fraction of sp³-hybridized carbons (Fsp3) is 0.588. The van der Waals surface area contributed by atoms with Crippen LogP contribution in [0.3, 0.4) is 0 Å². The number of benzene rings is 1. The zero-order valence-corrected chi connectivity index (χ0v) is 15.3. The summed E-state index contributed by atoms with van der Waals surface area (Å²) < 4.78 is 21.0. The van der Waals surface area contributed by atoms with Crippen LogP contribution in [-0.4, -0.2) is 83.6 Å². The lowest BCUT2D eigenvalue weighted by Gasteiger charge is -2.34. The van der Waals surface area contributed by atoms with E-state index in [0.29, 0.717) is 42.6 Å². The molecule has 8 nitrogen and oxygen atoms in total. The Morgan fingerprint density at radius 2 is 1.60 bits per heavy atom. The molecule has 0 unspecified atom stereocenters. The number of anilines is 1. The molecule has 0 saturated carbocycles. The fourth-order valence-electron chi connectivity index (χ4n) is 2.75. The average Bonchev–Trinajstić information content (AvgIpc) is 2.65. The maximum absolute atomic E-state index is 12.5. The molecule has 1 saturated heterocycles. The van der Waals surface area contributed by atoms with Gasteiger partial charge < -0.3 is 29.2 Å². The maximum atomic E-state index is 12.5. The van der Waals surface area contributed by atoms with E-state index in [1.807, 2.05) is 0 Å². The standard InChI is InChI=1S/C17H27N3O5/c1-22-10-9-19-5-7-20(8-6-19)17(21)18-13-11-14(23-2)16(25-4)15(12-13)24-3/h11-12H,5-10H2,1-4H3,(H,18,21). The number of amides is 2. The first kappa shape index (κ1) is 19.1. The Morgan fingerprint density at radius 1 is 1.00 bits per heavy atom. The zero-order chi connectivity index (χ0) is 18.2. The van der Waals surface area contributed by atoms with Crippen molar-refractivity contribution in [2.75, 3.05) is 73.1 Å². The van der Waals surface area contributed by atoms with E-state index in [1.165, 1.54) is 0 Å². The highest BCUT2D eigenvalue weighted by Crippen LogP contribution is 2.39. The summed E-state index contributed by atoms with van der Waals surface area (Å²) in [6.45, 7) is 4.63. The first-order valence-corrected chi connectivity index (χ1v) is 8.20. The van der Waals surface area contributed by atoms with Crippen molar-refractivity contribution in [2.24, 2.45) is 0 Å². The molecule has 0 radical (unpaired) electrons. The Kier molecular flexibility index (Phi) is 7.15. The molecule has 140 valence electrons. The summed E-state index contributed by atoms with van der Waals surface area (Å²) in [7, 11) is 6.33. The molecule has 1 N–H and O–H groups in total. The van der Waals surface area contributed by atoms with Crippen molar-refractivity contribution >= 4 is 11.7 Å². The lowest BCUT2D eigenvalue weighted by Crippen LogP contribution is -2.50. The largest absolute Gasteiger partial charge is 0.493 e. The number of nitrogens with zero attached hydrogens (tertiary/aromatic N) is 2. The molecule has 2 rings (SSSR count). The second-order valence-electron chi connectivity index (χ2n) is 5.67. The van der Waals surface area contributed by atoms with Crippen LogP contribution in [0.4, 0.5) is 10.5 Å². The highest BCUT2D eigenvalue weighted by molar-refractivity contribution is 5.90. The Balaban J connectivity index is 1.99. The van der Waals surface area contributed by atoms with E-state index in [0.717, 1.165) is 19.6 Å². The molecule has 1 aromatic rings. The van der Waals surface area contributed by atoms with Crippen molar-refractivity contribution in [2.45, 2.75) is 0 Å². The normalized spacial score (nSPS) is 15.0. The second kappa shape index (κ2) is 9.33. The molecule has 0 aromatic heterocycles. The van der Waals surface area contributed by atoms with Gasteiger partial charge in [-0.1, -0.05) is 0 Å². The van der Waals surface area contributed by atoms with E-state index < -0.39 is 0 Å². The molecule has 1 aliphatic rings. The van der Waals surface area contributed by atoms with Crippen LogP contribution in [0.15, 0.2) is 12.1 Å². The quantitative estimate of drug-likeness (QED) is 0.801. The van der Waals surface area contributed by atoms with Crippen LogP contribution in [0.5, 0.6) is 17.2 Å². The average molecular weight is 353 g/mol. The van der Waals surface area contributed by atoms with Crippen molar-refractivity contribution in [3.05, 3.63) is 12.1 Å². The lowest BCUT2D eigenvalue weighted by molar-refractivity contribution is 0.109. The first-order valence-electron chi connectivity index (χ1n) is 8.20. The number of carbonyl (C=O) groups is 1. The summed E-state index contributed by atoms with van der Waals surface area (Å²) in [5.41, 5.74) is 0.598. The van der Waals surface area contributed by atoms with Crippen LogP contribution in [0.2, 0.25) is 0 Å². The summed E-state index contributed by atoms with van der Waals surface area (Å²) in [4.78, 5) is 16.6. The second-order valence-corrected chi connectivity index (χ2v) is 5.67. The number of ether oxygens (including phenoxy) is 4. The molecule has 1 heterocycles. The summed E-state index contributed by atoms with van der Waals surface area (Å²) in [5, 5.41) is 2.90. The lowest BCUT2D eigenvalue weighted by atomic mass is 10.2. The minimum Gasteiger partial charge on any atom is -0.493 e. The van der Waals surface area contributed by atoms with Gasteiger partial charge >= 0.3 is 6.03 Å². The van der Waals surface area contributed by atoms with Gasteiger partial charge in [0.1, 0.15) is 0 Å². The molecule has 0 aliphatic carbocycles. The van der Waals surface area contributed by atoms with Crippen molar-refractivity contribution in [3.63, 3.8) is 0 Å². The maximum Gasteiger partial charge on any atom is 0.321 e. The Labute approximate surface area is 148 Å². The monoisotopic (exact) mass is 353 g/mol. The van der Waals surface area contributed by atoms with E-state index in [-0.39, 0.29) is 6.03 Å². The third-order valence-corrected chi connectivity index (χ3v) is 4.19. The Morgan fingerprint density at radius 3 is 2.08 bits per heavy atom. The SMILES string of the molecule is COCCN1CCN(C(=O)Nc2cc(OC)c(OC)c(OC)c2)CC1. The molecule has 2 amide bonds. The van der Waals surface area contributed by atoms with Gasteiger partial charge in [-0.15, -0.1) is 0 Å². The van der Waals surface area contributed by atoms with Gasteiger partial charge in [0.25, 0.3) is 0 Å². The number of rotatable bonds is 7. The van der Waals surface area contributed by atoms with Crippen LogP contribution in [-0.2, 0) is 4.74 Å². The van der Waals surface area contributed by atoms with E-state index >= 15 is 0 Å². The predicted octanol–water partition coefficient (Wildman–Crippen LogP) is 1.51. The van der Waals surface area contributed by atoms with E-state index in [9.17, 15) is 4.79 Å². The highest BCUT2D eigenvalue weighted by atomic mass is 16.5. The zero-order valence-electron chi connectivity index (χ0n) is 15.3. The molecule has 0 atom stereocenters. The molecular weight excluding hydrogens is 326 g/mol. The van der Waals surface area contributed by atoms with E-state index in [4.69, 9.17) is 18.9 Å². The van der Waals surface area contributed by atoms with Crippen LogP contribution in [0.1, 0.15) is 0 Å². The highest BCUT2D eigenvalue weighted by Gasteiger charge is 2.22. The third-order valence-electron chi connectivity index (χ3n) is 4.19. The number of hydrogen-bond acceptors (Lipinski definition) is 6.